The Hall–Kier alpha value is -1.62. The highest BCUT2D eigenvalue weighted by atomic mass is 16.9. The summed E-state index contributed by atoms with van der Waals surface area (Å²) >= 11 is 0. The Morgan fingerprint density at radius 1 is 1.17 bits per heavy atom. The second kappa shape index (κ2) is 5.48. The molecule has 0 radical (unpaired) electrons. The van der Waals surface area contributed by atoms with E-state index in [1.165, 1.54) is 37.7 Å². The molecule has 4 saturated carbocycles. The van der Waals surface area contributed by atoms with Crippen LogP contribution in [0.4, 0.5) is 0 Å². The van der Waals surface area contributed by atoms with Crippen LogP contribution >= 0.6 is 0 Å². The lowest BCUT2D eigenvalue weighted by Gasteiger charge is -2.60. The van der Waals surface area contributed by atoms with Crippen LogP contribution in [0, 0.1) is 33.8 Å². The highest BCUT2D eigenvalue weighted by Gasteiger charge is 2.55. The predicted molar refractivity (Wildman–Crippen MR) is 86.0 cm³/mol. The molecule has 4 fully saturated rings. The summed E-state index contributed by atoms with van der Waals surface area (Å²) < 4.78 is 0. The summed E-state index contributed by atoms with van der Waals surface area (Å²) in [6, 6.07) is 8.36. The number of hydrogen-bond donors (Lipinski definition) is 1. The fourth-order valence-electron chi connectivity index (χ4n) is 5.67. The fraction of sp³-hybridized carbons (Fsp3) is 0.667. The maximum absolute atomic E-state index is 10.3. The van der Waals surface area contributed by atoms with Gasteiger partial charge in [0.15, 0.2) is 0 Å². The van der Waals surface area contributed by atoms with E-state index in [-0.39, 0.29) is 12.1 Å². The molecule has 5 heteroatoms. The minimum Gasteiger partial charge on any atom is -0.321 e. The molecule has 0 amide bonds. The lowest BCUT2D eigenvalue weighted by Crippen LogP contribution is -2.60. The van der Waals surface area contributed by atoms with Crippen LogP contribution in [0.3, 0.4) is 0 Å². The van der Waals surface area contributed by atoms with Crippen LogP contribution in [0.5, 0.6) is 0 Å². The highest BCUT2D eigenvalue weighted by molar-refractivity contribution is 5.33. The number of hydrogen-bond acceptors (Lipinski definition) is 4. The van der Waals surface area contributed by atoms with Gasteiger partial charge in [-0.05, 0) is 73.3 Å². The van der Waals surface area contributed by atoms with Gasteiger partial charge in [-0.25, -0.2) is 0 Å². The molecular formula is C18H24N2O3. The Kier molecular flexibility index (Phi) is 3.56. The van der Waals surface area contributed by atoms with Gasteiger partial charge in [0.05, 0.1) is 0 Å². The topological polar surface area (TPSA) is 78.4 Å². The fourth-order valence-corrected chi connectivity index (χ4v) is 5.67. The predicted octanol–water partition coefficient (Wildman–Crippen LogP) is 3.05. The lowest BCUT2D eigenvalue weighted by molar-refractivity contribution is -0.757. The van der Waals surface area contributed by atoms with Gasteiger partial charge < -0.3 is 10.6 Å². The van der Waals surface area contributed by atoms with Gasteiger partial charge in [-0.15, -0.1) is 10.1 Å². The summed E-state index contributed by atoms with van der Waals surface area (Å²) in [5.41, 5.74) is 9.12. The van der Waals surface area contributed by atoms with Crippen molar-refractivity contribution < 1.29 is 9.92 Å². The largest absolute Gasteiger partial charge is 0.321 e. The van der Waals surface area contributed by atoms with Crippen molar-refractivity contribution in [1.82, 2.24) is 0 Å². The quantitative estimate of drug-likeness (QED) is 0.669. The molecule has 0 unspecified atom stereocenters. The summed E-state index contributed by atoms with van der Waals surface area (Å²) in [6.07, 6.45) is 7.07. The van der Waals surface area contributed by atoms with E-state index in [9.17, 15) is 10.1 Å². The second-order valence-electron chi connectivity index (χ2n) is 7.74. The molecule has 23 heavy (non-hydrogen) atoms. The number of benzene rings is 1. The van der Waals surface area contributed by atoms with Gasteiger partial charge in [0.2, 0.25) is 0 Å². The minimum absolute atomic E-state index is 0.102. The van der Waals surface area contributed by atoms with Crippen molar-refractivity contribution in [3.63, 3.8) is 0 Å². The molecule has 2 N–H and O–H groups in total. The average Bonchev–Trinajstić information content (AvgIpc) is 2.51. The maximum atomic E-state index is 10.3. The molecular weight excluding hydrogens is 292 g/mol. The van der Waals surface area contributed by atoms with E-state index in [1.54, 1.807) is 0 Å². The number of nitrogens with zero attached hydrogens (tertiary/aromatic N) is 1. The monoisotopic (exact) mass is 316 g/mol. The Balaban J connectivity index is 1.56. The molecule has 4 bridgehead atoms. The molecule has 4 aliphatic rings. The zero-order chi connectivity index (χ0) is 16.0. The van der Waals surface area contributed by atoms with Crippen LogP contribution in [-0.2, 0) is 16.8 Å². The standard InChI is InChI=1S/C18H24N2O3/c19-18(16-8-13-6-14(10-16)11-17(18)9-13)15-3-1-2-12(7-15)4-5-23-20(21)22/h1-3,7,13-14,16-17H,4-6,8-11,19H2. The van der Waals surface area contributed by atoms with Crippen molar-refractivity contribution in [2.75, 3.05) is 6.61 Å². The Labute approximate surface area is 136 Å². The van der Waals surface area contributed by atoms with E-state index < -0.39 is 5.09 Å². The maximum Gasteiger partial charge on any atom is 0.294 e. The lowest BCUT2D eigenvalue weighted by atomic mass is 9.47. The first-order valence-electron chi connectivity index (χ1n) is 8.71. The van der Waals surface area contributed by atoms with Gasteiger partial charge >= 0.3 is 0 Å². The molecule has 124 valence electrons. The molecule has 4 aliphatic carbocycles. The molecule has 0 spiro atoms. The zero-order valence-electron chi connectivity index (χ0n) is 13.3. The first kappa shape index (κ1) is 14.9. The highest BCUT2D eigenvalue weighted by Crippen LogP contribution is 2.60. The van der Waals surface area contributed by atoms with Gasteiger partial charge in [-0.1, -0.05) is 24.3 Å². The van der Waals surface area contributed by atoms with Crippen molar-refractivity contribution in [2.45, 2.75) is 44.1 Å². The van der Waals surface area contributed by atoms with Crippen molar-refractivity contribution in [2.24, 2.45) is 29.4 Å². The number of rotatable bonds is 5. The Morgan fingerprint density at radius 2 is 1.83 bits per heavy atom. The molecule has 0 saturated heterocycles. The van der Waals surface area contributed by atoms with E-state index in [0.29, 0.717) is 18.3 Å². The van der Waals surface area contributed by atoms with Crippen molar-refractivity contribution in [3.8, 4) is 0 Å². The molecule has 5 rings (SSSR count). The van der Waals surface area contributed by atoms with Crippen LogP contribution in [0.25, 0.3) is 0 Å². The third-order valence-corrected chi connectivity index (χ3v) is 6.50. The van der Waals surface area contributed by atoms with Crippen LogP contribution in [0.2, 0.25) is 0 Å². The zero-order valence-corrected chi connectivity index (χ0v) is 13.3. The third kappa shape index (κ3) is 2.51. The van der Waals surface area contributed by atoms with E-state index >= 15 is 0 Å². The summed E-state index contributed by atoms with van der Waals surface area (Å²) in [5, 5.41) is 9.56. The normalized spacial score (nSPS) is 37.8. The first-order valence-corrected chi connectivity index (χ1v) is 8.71. The summed E-state index contributed by atoms with van der Waals surface area (Å²) in [4.78, 5) is 14.7. The molecule has 0 aromatic heterocycles. The van der Waals surface area contributed by atoms with E-state index in [4.69, 9.17) is 5.73 Å². The molecule has 0 aliphatic heterocycles. The summed E-state index contributed by atoms with van der Waals surface area (Å²) in [7, 11) is 0. The third-order valence-electron chi connectivity index (χ3n) is 6.50. The van der Waals surface area contributed by atoms with Gasteiger partial charge in [0, 0.05) is 5.54 Å². The summed E-state index contributed by atoms with van der Waals surface area (Å²) in [5.74, 6) is 2.99. The van der Waals surface area contributed by atoms with E-state index in [2.05, 4.69) is 17.0 Å². The molecule has 1 aromatic rings. The van der Waals surface area contributed by atoms with Crippen molar-refractivity contribution >= 4 is 0 Å². The minimum atomic E-state index is -0.730. The average molecular weight is 316 g/mol. The number of nitrogens with two attached hydrogens (primary N) is 1. The second-order valence-corrected chi connectivity index (χ2v) is 7.74. The SMILES string of the molecule is NC1(c2cccc(CCO[N+](=O)[O-])c2)C2CC3CC(C2)CC1C3. The van der Waals surface area contributed by atoms with E-state index in [0.717, 1.165) is 17.4 Å². The molecule has 0 atom stereocenters. The van der Waals surface area contributed by atoms with Crippen LogP contribution in [0.15, 0.2) is 24.3 Å². The Bertz CT molecular complexity index is 588. The van der Waals surface area contributed by atoms with Gasteiger partial charge in [0.25, 0.3) is 5.09 Å². The van der Waals surface area contributed by atoms with Crippen molar-refractivity contribution in [1.29, 1.82) is 0 Å². The van der Waals surface area contributed by atoms with Gasteiger partial charge in [0.1, 0.15) is 6.61 Å². The molecule has 1 aromatic carbocycles. The van der Waals surface area contributed by atoms with Crippen LogP contribution < -0.4 is 5.73 Å². The van der Waals surface area contributed by atoms with Crippen LogP contribution in [0.1, 0.15) is 43.2 Å². The Morgan fingerprint density at radius 3 is 2.43 bits per heavy atom. The van der Waals surface area contributed by atoms with E-state index in [1.807, 2.05) is 12.1 Å². The van der Waals surface area contributed by atoms with Crippen molar-refractivity contribution in [3.05, 3.63) is 45.5 Å². The smallest absolute Gasteiger partial charge is 0.294 e. The van der Waals surface area contributed by atoms with Crippen LogP contribution in [-0.4, -0.2) is 11.7 Å². The summed E-state index contributed by atoms with van der Waals surface area (Å²) in [6.45, 7) is 0.102. The van der Waals surface area contributed by atoms with Gasteiger partial charge in [-0.3, -0.25) is 0 Å². The first-order chi connectivity index (χ1) is 11.1. The molecule has 5 nitrogen and oxygen atoms in total. The molecule has 0 heterocycles. The van der Waals surface area contributed by atoms with Gasteiger partial charge in [-0.2, -0.15) is 0 Å².